The molecule has 0 aromatic heterocycles. The maximum Gasteiger partial charge on any atom is 0.343 e. The molecule has 0 bridgehead atoms. The molecule has 2 saturated heterocycles. The largest absolute Gasteiger partial charge is 0.490 e. The lowest BCUT2D eigenvalue weighted by atomic mass is 10.1. The van der Waals surface area contributed by atoms with Gasteiger partial charge in [-0.2, -0.15) is 0 Å². The van der Waals surface area contributed by atoms with Crippen molar-refractivity contribution in [2.24, 2.45) is 0 Å². The van der Waals surface area contributed by atoms with E-state index in [4.69, 9.17) is 33.2 Å². The van der Waals surface area contributed by atoms with Crippen LogP contribution in [0.1, 0.15) is 46.4 Å². The molecule has 0 spiro atoms. The molecule has 0 aliphatic carbocycles. The molecular formula is C41H37FO11. The maximum absolute atomic E-state index is 13.2. The summed E-state index contributed by atoms with van der Waals surface area (Å²) in [6.45, 7) is 4.16. The summed E-state index contributed by atoms with van der Waals surface area (Å²) in [7, 11) is 0. The van der Waals surface area contributed by atoms with Crippen LogP contribution in [0.2, 0.25) is 0 Å². The number of carbonyl (C=O) groups excluding carboxylic acids is 4. The Morgan fingerprint density at radius 1 is 0.623 bits per heavy atom. The first kappa shape index (κ1) is 36.9. The van der Waals surface area contributed by atoms with Crippen molar-refractivity contribution in [2.75, 3.05) is 19.8 Å². The molecule has 274 valence electrons. The van der Waals surface area contributed by atoms with Crippen LogP contribution in [0.15, 0.2) is 110 Å². The third-order valence-electron chi connectivity index (χ3n) is 8.54. The normalized spacial score (nSPS) is 18.7. The van der Waals surface area contributed by atoms with Gasteiger partial charge in [-0.3, -0.25) is 9.59 Å². The summed E-state index contributed by atoms with van der Waals surface area (Å²) < 4.78 is 52.1. The Labute approximate surface area is 305 Å². The fourth-order valence-electron chi connectivity index (χ4n) is 5.81. The lowest BCUT2D eigenvalue weighted by Gasteiger charge is -2.17. The van der Waals surface area contributed by atoms with E-state index in [0.29, 0.717) is 42.3 Å². The minimum absolute atomic E-state index is 0.0812. The standard InChI is InChI=1S/C41H37FO11/c1-2-23-47-31-17-13-29(14-18-31)40(45)51-33-21-11-27(12-22-33)26-9-19-32(20-10-26)50-36(43)5-3-4-6-37(44)52-34-24-48-39-35(25-49-38(34)39)53-41(46)28-7-15-30(42)16-8-28/h2,7-22,34-35,38-39H,1,3-6,23-25H2/t34-,35+,38-,39-/m0/s1. The fourth-order valence-corrected chi connectivity index (χ4v) is 5.81. The van der Waals surface area contributed by atoms with Gasteiger partial charge in [0.1, 0.15) is 41.9 Å². The second-order valence-electron chi connectivity index (χ2n) is 12.3. The molecule has 11 nitrogen and oxygen atoms in total. The average Bonchev–Trinajstić information content (AvgIpc) is 3.76. The molecule has 6 rings (SSSR count). The van der Waals surface area contributed by atoms with Crippen LogP contribution in [-0.2, 0) is 28.5 Å². The van der Waals surface area contributed by atoms with Gasteiger partial charge < -0.3 is 33.2 Å². The van der Waals surface area contributed by atoms with Crippen LogP contribution in [0.3, 0.4) is 0 Å². The highest BCUT2D eigenvalue weighted by atomic mass is 19.1. The minimum atomic E-state index is -0.687. The zero-order valence-corrected chi connectivity index (χ0v) is 28.6. The molecular weight excluding hydrogens is 687 g/mol. The topological polar surface area (TPSA) is 133 Å². The molecule has 53 heavy (non-hydrogen) atoms. The number of fused-ring (bicyclic) bond motifs is 1. The van der Waals surface area contributed by atoms with E-state index in [-0.39, 0.29) is 31.6 Å². The Morgan fingerprint density at radius 3 is 1.70 bits per heavy atom. The maximum atomic E-state index is 13.2. The summed E-state index contributed by atoms with van der Waals surface area (Å²) in [5, 5.41) is 0. The van der Waals surface area contributed by atoms with Gasteiger partial charge in [0.2, 0.25) is 0 Å². The van der Waals surface area contributed by atoms with Crippen molar-refractivity contribution in [1.82, 2.24) is 0 Å². The van der Waals surface area contributed by atoms with E-state index in [1.807, 2.05) is 24.3 Å². The Kier molecular flexibility index (Phi) is 12.2. The van der Waals surface area contributed by atoms with Crippen molar-refractivity contribution in [3.63, 3.8) is 0 Å². The second-order valence-corrected chi connectivity index (χ2v) is 12.3. The van der Waals surface area contributed by atoms with Gasteiger partial charge >= 0.3 is 23.9 Å². The van der Waals surface area contributed by atoms with Gasteiger partial charge in [-0.15, -0.1) is 0 Å². The summed E-state index contributed by atoms with van der Waals surface area (Å²) >= 11 is 0. The summed E-state index contributed by atoms with van der Waals surface area (Å²) in [6.07, 6.45) is 0.180. The predicted molar refractivity (Wildman–Crippen MR) is 188 cm³/mol. The van der Waals surface area contributed by atoms with Crippen molar-refractivity contribution in [1.29, 1.82) is 0 Å². The van der Waals surface area contributed by atoms with E-state index in [9.17, 15) is 23.6 Å². The monoisotopic (exact) mass is 724 g/mol. The summed E-state index contributed by atoms with van der Waals surface area (Å²) in [6, 6.07) is 25.7. The SMILES string of the molecule is C=CCOc1ccc(C(=O)Oc2ccc(-c3ccc(OC(=O)CCCCC(=O)O[C@H]4CO[C@@H]5[C@H]4OC[C@H]5OC(=O)c4ccc(F)cc4)cc3)cc2)cc1. The second kappa shape index (κ2) is 17.6. The van der Waals surface area contributed by atoms with Gasteiger partial charge in [-0.05, 0) is 96.8 Å². The van der Waals surface area contributed by atoms with Gasteiger partial charge in [-0.25, -0.2) is 14.0 Å². The first-order chi connectivity index (χ1) is 25.7. The average molecular weight is 725 g/mol. The number of rotatable bonds is 15. The Balaban J connectivity index is 0.873. The highest BCUT2D eigenvalue weighted by Crippen LogP contribution is 2.32. The van der Waals surface area contributed by atoms with Crippen molar-refractivity contribution in [3.05, 3.63) is 127 Å². The third-order valence-corrected chi connectivity index (χ3v) is 8.54. The van der Waals surface area contributed by atoms with Gasteiger partial charge in [-0.1, -0.05) is 36.9 Å². The van der Waals surface area contributed by atoms with E-state index in [1.165, 1.54) is 24.3 Å². The van der Waals surface area contributed by atoms with E-state index in [2.05, 4.69) is 6.58 Å². The first-order valence-corrected chi connectivity index (χ1v) is 17.1. The zero-order valence-electron chi connectivity index (χ0n) is 28.6. The molecule has 2 heterocycles. The molecule has 2 aliphatic rings. The van der Waals surface area contributed by atoms with Gasteiger partial charge in [0.15, 0.2) is 12.2 Å². The number of hydrogen-bond acceptors (Lipinski definition) is 11. The molecule has 4 atom stereocenters. The van der Waals surface area contributed by atoms with Crippen LogP contribution in [0.25, 0.3) is 11.1 Å². The lowest BCUT2D eigenvalue weighted by Crippen LogP contribution is -2.36. The predicted octanol–water partition coefficient (Wildman–Crippen LogP) is 6.68. The van der Waals surface area contributed by atoms with Crippen LogP contribution >= 0.6 is 0 Å². The highest BCUT2D eigenvalue weighted by Gasteiger charge is 2.51. The fraction of sp³-hybridized carbons (Fsp3) is 0.268. The van der Waals surface area contributed by atoms with Gasteiger partial charge in [0.25, 0.3) is 0 Å². The molecule has 0 unspecified atom stereocenters. The minimum Gasteiger partial charge on any atom is -0.490 e. The van der Waals surface area contributed by atoms with Gasteiger partial charge in [0.05, 0.1) is 24.3 Å². The molecule has 0 saturated carbocycles. The van der Waals surface area contributed by atoms with Crippen molar-refractivity contribution in [2.45, 2.75) is 50.1 Å². The lowest BCUT2D eigenvalue weighted by molar-refractivity contribution is -0.154. The Bertz CT molecular complexity index is 1890. The molecule has 2 aliphatic heterocycles. The van der Waals surface area contributed by atoms with Crippen LogP contribution in [0.4, 0.5) is 4.39 Å². The van der Waals surface area contributed by atoms with Crippen molar-refractivity contribution >= 4 is 23.9 Å². The smallest absolute Gasteiger partial charge is 0.343 e. The number of esters is 4. The highest BCUT2D eigenvalue weighted by molar-refractivity contribution is 5.91. The first-order valence-electron chi connectivity index (χ1n) is 17.1. The molecule has 4 aromatic rings. The van der Waals surface area contributed by atoms with E-state index >= 15 is 0 Å². The number of benzene rings is 4. The van der Waals surface area contributed by atoms with Crippen molar-refractivity contribution in [3.8, 4) is 28.4 Å². The zero-order chi connectivity index (χ0) is 37.2. The quantitative estimate of drug-likeness (QED) is 0.0563. The molecule has 0 radical (unpaired) electrons. The summed E-state index contributed by atoms with van der Waals surface area (Å²) in [4.78, 5) is 49.9. The summed E-state index contributed by atoms with van der Waals surface area (Å²) in [5.74, 6) is -1.05. The Morgan fingerprint density at radius 2 is 1.11 bits per heavy atom. The van der Waals surface area contributed by atoms with Crippen LogP contribution < -0.4 is 14.2 Å². The number of ether oxygens (including phenoxy) is 7. The number of hydrogen-bond donors (Lipinski definition) is 0. The molecule has 4 aromatic carbocycles. The van der Waals surface area contributed by atoms with E-state index in [0.717, 1.165) is 11.1 Å². The number of carbonyl (C=O) groups is 4. The van der Waals surface area contributed by atoms with E-state index in [1.54, 1.807) is 54.6 Å². The summed E-state index contributed by atoms with van der Waals surface area (Å²) in [5.41, 5.74) is 2.35. The van der Waals surface area contributed by atoms with Gasteiger partial charge in [0, 0.05) is 12.8 Å². The molecule has 0 N–H and O–H groups in total. The molecule has 2 fully saturated rings. The van der Waals surface area contributed by atoms with Crippen LogP contribution in [0.5, 0.6) is 17.2 Å². The number of halogens is 1. The van der Waals surface area contributed by atoms with Crippen LogP contribution in [0, 0.1) is 5.82 Å². The Hall–Kier alpha value is -5.85. The molecule has 12 heteroatoms. The van der Waals surface area contributed by atoms with Crippen LogP contribution in [-0.4, -0.2) is 68.1 Å². The van der Waals surface area contributed by atoms with Crippen molar-refractivity contribution < 1.29 is 56.7 Å². The number of unbranched alkanes of at least 4 members (excludes halogenated alkanes) is 1. The third kappa shape index (κ3) is 9.94. The molecule has 0 amide bonds. The van der Waals surface area contributed by atoms with E-state index < -0.39 is 54.1 Å².